The number of amides is 1. The third-order valence-corrected chi connectivity index (χ3v) is 7.56. The Morgan fingerprint density at radius 3 is 2.50 bits per heavy atom. The van der Waals surface area contributed by atoms with Gasteiger partial charge in [0.15, 0.2) is 9.84 Å². The van der Waals surface area contributed by atoms with E-state index in [1.807, 2.05) is 44.4 Å². The van der Waals surface area contributed by atoms with Crippen molar-refractivity contribution in [1.82, 2.24) is 14.7 Å². The van der Waals surface area contributed by atoms with Gasteiger partial charge in [-0.1, -0.05) is 26.0 Å². The summed E-state index contributed by atoms with van der Waals surface area (Å²) in [6.45, 7) is 4.20. The van der Waals surface area contributed by atoms with E-state index in [0.717, 1.165) is 15.1 Å². The summed E-state index contributed by atoms with van der Waals surface area (Å²) in [6, 6.07) is 10.5. The summed E-state index contributed by atoms with van der Waals surface area (Å²) in [7, 11) is -3.12. The third-order valence-electron chi connectivity index (χ3n) is 5.07. The summed E-state index contributed by atoms with van der Waals surface area (Å²) in [5.41, 5.74) is 1.10. The molecule has 0 radical (unpaired) electrons. The monoisotopic (exact) mass is 449 g/mol. The molecule has 0 N–H and O–H groups in total. The molecule has 0 spiro atoms. The molecule has 0 aliphatic carbocycles. The average Bonchev–Trinajstić information content (AvgIpc) is 3.07. The lowest BCUT2D eigenvalue weighted by molar-refractivity contribution is -0.134. The first kappa shape index (κ1) is 22.6. The van der Waals surface area contributed by atoms with E-state index in [-0.39, 0.29) is 41.5 Å². The van der Waals surface area contributed by atoms with Gasteiger partial charge < -0.3 is 4.90 Å². The molecule has 1 aliphatic rings. The number of carbonyl (C=O) groups excluding carboxylic acids is 1. The highest BCUT2D eigenvalue weighted by Gasteiger charge is 2.35. The molecule has 7 nitrogen and oxygen atoms in total. The maximum atomic E-state index is 13.1. The second-order valence-corrected chi connectivity index (χ2v) is 11.0. The Kier molecular flexibility index (Phi) is 7.02. The molecule has 1 aliphatic heterocycles. The molecule has 1 unspecified atom stereocenters. The Morgan fingerprint density at radius 1 is 1.23 bits per heavy atom. The summed E-state index contributed by atoms with van der Waals surface area (Å²) >= 11 is 1.64. The average molecular weight is 450 g/mol. The van der Waals surface area contributed by atoms with Crippen LogP contribution in [0.4, 0.5) is 0 Å². The smallest absolute Gasteiger partial charge is 0.267 e. The van der Waals surface area contributed by atoms with Crippen molar-refractivity contribution in [2.75, 3.05) is 24.3 Å². The van der Waals surface area contributed by atoms with Crippen LogP contribution in [0.1, 0.15) is 20.3 Å². The molecule has 1 fully saturated rings. The minimum atomic E-state index is -3.12. The number of hydrogen-bond acceptors (Lipinski definition) is 6. The molecule has 1 atom stereocenters. The Morgan fingerprint density at radius 2 is 1.93 bits per heavy atom. The second kappa shape index (κ2) is 9.34. The van der Waals surface area contributed by atoms with Crippen LogP contribution in [0.5, 0.6) is 0 Å². The van der Waals surface area contributed by atoms with E-state index in [9.17, 15) is 18.0 Å². The van der Waals surface area contributed by atoms with Gasteiger partial charge in [-0.3, -0.25) is 9.59 Å². The first-order valence-electron chi connectivity index (χ1n) is 9.91. The predicted molar refractivity (Wildman–Crippen MR) is 119 cm³/mol. The molecule has 0 bridgehead atoms. The predicted octanol–water partition coefficient (Wildman–Crippen LogP) is 2.30. The first-order valence-corrected chi connectivity index (χ1v) is 13.0. The van der Waals surface area contributed by atoms with Crippen molar-refractivity contribution in [3.63, 3.8) is 0 Å². The SMILES string of the molecule is CSc1ccc(-c2ccc(=O)n(CC(=O)N(CC(C)C)C3CCS(=O)(=O)C3)n2)cc1. The second-order valence-electron chi connectivity index (χ2n) is 7.94. The van der Waals surface area contributed by atoms with Crippen molar-refractivity contribution < 1.29 is 13.2 Å². The third kappa shape index (κ3) is 5.51. The first-order chi connectivity index (χ1) is 14.2. The fraction of sp³-hybridized carbons (Fsp3) is 0.476. The van der Waals surface area contributed by atoms with E-state index in [1.165, 1.54) is 6.07 Å². The topological polar surface area (TPSA) is 89.3 Å². The standard InChI is InChI=1S/C21H27N3O4S2/c1-15(2)12-23(17-10-11-30(27,28)14-17)21(26)13-24-20(25)9-8-19(22-24)16-4-6-18(29-3)7-5-16/h4-9,15,17H,10-14H2,1-3H3. The highest BCUT2D eigenvalue weighted by molar-refractivity contribution is 7.98. The molecule has 162 valence electrons. The molecule has 0 saturated carbocycles. The molecule has 3 rings (SSSR count). The number of aromatic nitrogens is 2. The van der Waals surface area contributed by atoms with Gasteiger partial charge in [0.05, 0.1) is 17.2 Å². The molecule has 2 heterocycles. The summed E-state index contributed by atoms with van der Waals surface area (Å²) in [5, 5.41) is 4.39. The van der Waals surface area contributed by atoms with Gasteiger partial charge in [0.25, 0.3) is 5.56 Å². The number of thioether (sulfide) groups is 1. The van der Waals surface area contributed by atoms with Crippen molar-refractivity contribution >= 4 is 27.5 Å². The number of carbonyl (C=O) groups is 1. The van der Waals surface area contributed by atoms with E-state index >= 15 is 0 Å². The highest BCUT2D eigenvalue weighted by atomic mass is 32.2. The normalized spacial score (nSPS) is 17.9. The van der Waals surface area contributed by atoms with Gasteiger partial charge in [-0.25, -0.2) is 13.1 Å². The maximum absolute atomic E-state index is 13.1. The lowest BCUT2D eigenvalue weighted by Crippen LogP contribution is -2.46. The van der Waals surface area contributed by atoms with Gasteiger partial charge in [-0.2, -0.15) is 5.10 Å². The van der Waals surface area contributed by atoms with E-state index in [0.29, 0.717) is 18.7 Å². The van der Waals surface area contributed by atoms with Crippen LogP contribution in [0, 0.1) is 5.92 Å². The number of rotatable bonds is 7. The summed E-state index contributed by atoms with van der Waals surface area (Å²) in [4.78, 5) is 28.1. The minimum absolute atomic E-state index is 0.0182. The largest absolute Gasteiger partial charge is 0.337 e. The number of hydrogen-bond donors (Lipinski definition) is 0. The molecule has 9 heteroatoms. The highest BCUT2D eigenvalue weighted by Crippen LogP contribution is 2.22. The fourth-order valence-corrected chi connectivity index (χ4v) is 5.70. The Labute approximate surface area is 181 Å². The molecule has 1 aromatic heterocycles. The lowest BCUT2D eigenvalue weighted by Gasteiger charge is -2.30. The van der Waals surface area contributed by atoms with Gasteiger partial charge in [-0.05, 0) is 36.8 Å². The molecule has 1 aromatic carbocycles. The van der Waals surface area contributed by atoms with Crippen molar-refractivity contribution in [2.24, 2.45) is 5.92 Å². The van der Waals surface area contributed by atoms with Gasteiger partial charge >= 0.3 is 0 Å². The molecule has 1 amide bonds. The quantitative estimate of drug-likeness (QED) is 0.603. The van der Waals surface area contributed by atoms with E-state index < -0.39 is 9.84 Å². The fourth-order valence-electron chi connectivity index (χ4n) is 3.57. The zero-order valence-corrected chi connectivity index (χ0v) is 19.1. The van der Waals surface area contributed by atoms with E-state index in [4.69, 9.17) is 0 Å². The minimum Gasteiger partial charge on any atom is -0.337 e. The van der Waals surface area contributed by atoms with Gasteiger partial charge in [-0.15, -0.1) is 11.8 Å². The summed E-state index contributed by atoms with van der Waals surface area (Å²) in [6.07, 6.45) is 2.43. The van der Waals surface area contributed by atoms with Crippen molar-refractivity contribution in [3.05, 3.63) is 46.8 Å². The van der Waals surface area contributed by atoms with Crippen molar-refractivity contribution in [3.8, 4) is 11.3 Å². The van der Waals surface area contributed by atoms with Crippen LogP contribution >= 0.6 is 11.8 Å². The van der Waals surface area contributed by atoms with Crippen LogP contribution < -0.4 is 5.56 Å². The van der Waals surface area contributed by atoms with Gasteiger partial charge in [0.2, 0.25) is 5.91 Å². The number of sulfone groups is 1. The van der Waals surface area contributed by atoms with Crippen molar-refractivity contribution in [2.45, 2.75) is 37.8 Å². The van der Waals surface area contributed by atoms with E-state index in [2.05, 4.69) is 5.10 Å². The van der Waals surface area contributed by atoms with Gasteiger partial charge in [0, 0.05) is 29.1 Å². The summed E-state index contributed by atoms with van der Waals surface area (Å²) < 4.78 is 25.0. The molecule has 30 heavy (non-hydrogen) atoms. The van der Waals surface area contributed by atoms with E-state index in [1.54, 1.807) is 22.7 Å². The molecular weight excluding hydrogens is 422 g/mol. The van der Waals surface area contributed by atoms with Crippen LogP contribution in [0.2, 0.25) is 0 Å². The molecular formula is C21H27N3O4S2. The zero-order chi connectivity index (χ0) is 21.9. The lowest BCUT2D eigenvalue weighted by atomic mass is 10.1. The van der Waals surface area contributed by atoms with Crippen LogP contribution in [0.3, 0.4) is 0 Å². The molecule has 1 saturated heterocycles. The maximum Gasteiger partial charge on any atom is 0.267 e. The number of nitrogens with zero attached hydrogens (tertiary/aromatic N) is 3. The summed E-state index contributed by atoms with van der Waals surface area (Å²) in [5.74, 6) is -0.0204. The van der Waals surface area contributed by atoms with Crippen LogP contribution in [0.15, 0.2) is 46.1 Å². The van der Waals surface area contributed by atoms with Crippen LogP contribution in [-0.2, 0) is 21.2 Å². The molecule has 2 aromatic rings. The number of benzene rings is 1. The van der Waals surface area contributed by atoms with Crippen molar-refractivity contribution in [1.29, 1.82) is 0 Å². The zero-order valence-electron chi connectivity index (χ0n) is 17.4. The van der Waals surface area contributed by atoms with Gasteiger partial charge in [0.1, 0.15) is 6.54 Å². The Hall–Kier alpha value is -2.13. The Bertz CT molecular complexity index is 1060. The van der Waals surface area contributed by atoms with Crippen LogP contribution in [0.25, 0.3) is 11.3 Å². The van der Waals surface area contributed by atoms with Crippen LogP contribution in [-0.4, -0.2) is 59.4 Å². The Balaban J connectivity index is 1.83.